The molecule has 0 saturated carbocycles. The summed E-state index contributed by atoms with van der Waals surface area (Å²) in [7, 11) is -0.497. The predicted octanol–water partition coefficient (Wildman–Crippen LogP) is 1.32. The Morgan fingerprint density at radius 1 is 1.45 bits per heavy atom. The Labute approximate surface area is 122 Å². The second kappa shape index (κ2) is 5.78. The van der Waals surface area contributed by atoms with Crippen LogP contribution in [0.15, 0.2) is 29.6 Å². The van der Waals surface area contributed by atoms with Crippen LogP contribution in [0.1, 0.15) is 5.56 Å². The van der Waals surface area contributed by atoms with Crippen LogP contribution in [0, 0.1) is 0 Å². The third kappa shape index (κ3) is 2.92. The maximum Gasteiger partial charge on any atom is 0.244 e. The van der Waals surface area contributed by atoms with E-state index in [1.807, 2.05) is 0 Å². The molecule has 0 aromatic carbocycles. The number of pyridine rings is 1. The van der Waals surface area contributed by atoms with Crippen molar-refractivity contribution < 1.29 is 8.42 Å². The van der Waals surface area contributed by atoms with Crippen LogP contribution in [0.25, 0.3) is 0 Å². The first-order valence-corrected chi connectivity index (χ1v) is 7.54. The van der Waals surface area contributed by atoms with Gasteiger partial charge >= 0.3 is 0 Å². The molecule has 0 bridgehead atoms. The number of aromatic nitrogens is 3. The lowest BCUT2D eigenvalue weighted by Crippen LogP contribution is -2.26. The monoisotopic (exact) mass is 315 g/mol. The Morgan fingerprint density at radius 2 is 2.20 bits per heavy atom. The molecule has 0 spiro atoms. The molecule has 2 heterocycles. The van der Waals surface area contributed by atoms with Crippen molar-refractivity contribution in [3.63, 3.8) is 0 Å². The Bertz CT molecular complexity index is 687. The van der Waals surface area contributed by atoms with Crippen LogP contribution in [0.2, 0.25) is 5.02 Å². The molecular formula is C11H14ClN5O2S. The average Bonchev–Trinajstić information content (AvgIpc) is 2.91. The van der Waals surface area contributed by atoms with Gasteiger partial charge in [-0.15, -0.1) is 0 Å². The van der Waals surface area contributed by atoms with Crippen molar-refractivity contribution in [1.82, 2.24) is 19.5 Å². The second-order valence-corrected chi connectivity index (χ2v) is 6.57. The van der Waals surface area contributed by atoms with Gasteiger partial charge in [-0.25, -0.2) is 13.4 Å². The van der Waals surface area contributed by atoms with Gasteiger partial charge in [-0.05, 0) is 6.07 Å². The van der Waals surface area contributed by atoms with Crippen molar-refractivity contribution in [1.29, 1.82) is 0 Å². The topological polar surface area (TPSA) is 91.0 Å². The average molecular weight is 316 g/mol. The number of anilines is 1. The molecule has 20 heavy (non-hydrogen) atoms. The Morgan fingerprint density at radius 3 is 2.75 bits per heavy atom. The summed E-state index contributed by atoms with van der Waals surface area (Å²) in [5.74, 6) is 0.433. The first-order chi connectivity index (χ1) is 9.45. The number of hydrogen-bond acceptors (Lipinski definition) is 5. The van der Waals surface area contributed by atoms with Gasteiger partial charge < -0.3 is 5.32 Å². The summed E-state index contributed by atoms with van der Waals surface area (Å²) in [5, 5.41) is 9.45. The van der Waals surface area contributed by atoms with Crippen molar-refractivity contribution in [3.8, 4) is 0 Å². The lowest BCUT2D eigenvalue weighted by Gasteiger charge is -2.16. The smallest absolute Gasteiger partial charge is 0.244 e. The van der Waals surface area contributed by atoms with Gasteiger partial charge in [0.1, 0.15) is 10.7 Å². The second-order valence-electron chi connectivity index (χ2n) is 4.12. The minimum atomic E-state index is -3.65. The van der Waals surface area contributed by atoms with E-state index in [0.29, 0.717) is 5.82 Å². The van der Waals surface area contributed by atoms with E-state index >= 15 is 0 Å². The molecule has 108 valence electrons. The van der Waals surface area contributed by atoms with Gasteiger partial charge in [-0.2, -0.15) is 9.40 Å². The molecular weight excluding hydrogens is 302 g/mol. The minimum absolute atomic E-state index is 0.0486. The van der Waals surface area contributed by atoms with Crippen molar-refractivity contribution in [2.75, 3.05) is 19.4 Å². The zero-order valence-electron chi connectivity index (χ0n) is 11.0. The van der Waals surface area contributed by atoms with E-state index in [1.165, 1.54) is 23.6 Å². The van der Waals surface area contributed by atoms with Gasteiger partial charge in [0.15, 0.2) is 0 Å². The number of hydrogen-bond donors (Lipinski definition) is 2. The zero-order valence-corrected chi connectivity index (χ0v) is 12.5. The maximum atomic E-state index is 12.4. The van der Waals surface area contributed by atoms with E-state index in [1.54, 1.807) is 19.4 Å². The molecule has 0 fully saturated rings. The highest BCUT2D eigenvalue weighted by atomic mass is 35.5. The maximum absolute atomic E-state index is 12.4. The van der Waals surface area contributed by atoms with Gasteiger partial charge in [0.05, 0.1) is 11.2 Å². The molecule has 0 unspecified atom stereocenters. The lowest BCUT2D eigenvalue weighted by molar-refractivity contribution is 0.466. The van der Waals surface area contributed by atoms with Gasteiger partial charge in [-0.3, -0.25) is 5.10 Å². The molecule has 0 aliphatic rings. The highest BCUT2D eigenvalue weighted by Crippen LogP contribution is 2.24. The lowest BCUT2D eigenvalue weighted by atomic mass is 10.4. The molecule has 7 nitrogen and oxygen atoms in total. The molecule has 0 amide bonds. The number of H-pyrrole nitrogens is 1. The van der Waals surface area contributed by atoms with Crippen molar-refractivity contribution in [3.05, 3.63) is 35.2 Å². The Balaban J connectivity index is 2.27. The molecule has 0 atom stereocenters. The summed E-state index contributed by atoms with van der Waals surface area (Å²) in [5.41, 5.74) is 0.766. The predicted molar refractivity (Wildman–Crippen MR) is 76.0 cm³/mol. The summed E-state index contributed by atoms with van der Waals surface area (Å²) in [4.78, 5) is 4.02. The minimum Gasteiger partial charge on any atom is -0.372 e. The first kappa shape index (κ1) is 14.8. The first-order valence-electron chi connectivity index (χ1n) is 5.72. The quantitative estimate of drug-likeness (QED) is 0.868. The fourth-order valence-electron chi connectivity index (χ4n) is 1.63. The molecule has 0 aliphatic carbocycles. The summed E-state index contributed by atoms with van der Waals surface area (Å²) < 4.78 is 26.0. The molecule has 0 aliphatic heterocycles. The van der Waals surface area contributed by atoms with Crippen molar-refractivity contribution in [2.24, 2.45) is 0 Å². The van der Waals surface area contributed by atoms with Crippen LogP contribution < -0.4 is 5.32 Å². The number of rotatable bonds is 5. The third-order valence-electron chi connectivity index (χ3n) is 2.72. The summed E-state index contributed by atoms with van der Waals surface area (Å²) >= 11 is 5.96. The van der Waals surface area contributed by atoms with Crippen molar-refractivity contribution in [2.45, 2.75) is 11.4 Å². The van der Waals surface area contributed by atoms with E-state index in [0.717, 1.165) is 5.56 Å². The highest BCUT2D eigenvalue weighted by molar-refractivity contribution is 7.89. The molecule has 2 N–H and O–H groups in total. The number of nitrogens with zero attached hydrogens (tertiary/aromatic N) is 3. The zero-order chi connectivity index (χ0) is 14.8. The van der Waals surface area contributed by atoms with Crippen molar-refractivity contribution >= 4 is 27.4 Å². The molecule has 9 heteroatoms. The van der Waals surface area contributed by atoms with Crippen LogP contribution in [0.5, 0.6) is 0 Å². The van der Waals surface area contributed by atoms with Crippen LogP contribution in [-0.2, 0) is 16.6 Å². The molecule has 0 saturated heterocycles. The molecule has 2 aromatic heterocycles. The summed E-state index contributed by atoms with van der Waals surface area (Å²) in [6, 6.07) is 1.38. The van der Waals surface area contributed by atoms with Crippen LogP contribution in [-0.4, -0.2) is 42.0 Å². The van der Waals surface area contributed by atoms with Crippen LogP contribution in [0.3, 0.4) is 0 Å². The van der Waals surface area contributed by atoms with E-state index in [4.69, 9.17) is 11.6 Å². The fourth-order valence-corrected chi connectivity index (χ4v) is 3.09. The van der Waals surface area contributed by atoms with E-state index in [-0.39, 0.29) is 16.5 Å². The summed E-state index contributed by atoms with van der Waals surface area (Å²) in [6.07, 6.45) is 4.49. The Kier molecular flexibility index (Phi) is 4.26. The molecule has 0 radical (unpaired) electrons. The number of sulfonamides is 1. The van der Waals surface area contributed by atoms with Gasteiger partial charge in [0.25, 0.3) is 0 Å². The van der Waals surface area contributed by atoms with Gasteiger partial charge in [0.2, 0.25) is 10.0 Å². The standard InChI is InChI=1S/C11H14ClN5O2S/c1-13-11-10(12)3-9(6-14-11)20(18,19)17(2)7-8-4-15-16-5-8/h3-6H,7H2,1-2H3,(H,13,14)(H,15,16). The SMILES string of the molecule is CNc1ncc(S(=O)(=O)N(C)Cc2cn[nH]c2)cc1Cl. The van der Waals surface area contributed by atoms with Gasteiger partial charge in [0, 0.05) is 38.6 Å². The third-order valence-corrected chi connectivity index (χ3v) is 4.78. The fraction of sp³-hybridized carbons (Fsp3) is 0.273. The van der Waals surface area contributed by atoms with Gasteiger partial charge in [-0.1, -0.05) is 11.6 Å². The highest BCUT2D eigenvalue weighted by Gasteiger charge is 2.22. The number of halogens is 1. The van der Waals surface area contributed by atoms with E-state index < -0.39 is 10.0 Å². The molecule has 2 aromatic rings. The van der Waals surface area contributed by atoms with Crippen LogP contribution in [0.4, 0.5) is 5.82 Å². The van der Waals surface area contributed by atoms with E-state index in [2.05, 4.69) is 20.5 Å². The van der Waals surface area contributed by atoms with Crippen LogP contribution >= 0.6 is 11.6 Å². The Hall–Kier alpha value is -1.64. The largest absolute Gasteiger partial charge is 0.372 e. The van der Waals surface area contributed by atoms with E-state index in [9.17, 15) is 8.42 Å². The summed E-state index contributed by atoms with van der Waals surface area (Å²) in [6.45, 7) is 0.213. The number of aromatic amines is 1. The number of nitrogens with one attached hydrogen (secondary N) is 2. The molecule has 2 rings (SSSR count). The normalized spacial score (nSPS) is 11.8.